The number of aromatic nitrogens is 4. The van der Waals surface area contributed by atoms with Gasteiger partial charge in [-0.05, 0) is 44.0 Å². The monoisotopic (exact) mass is 420 g/mol. The average molecular weight is 421 g/mol. The Hall–Kier alpha value is -2.16. The number of nitrogens with zero attached hydrogens (tertiary/aromatic N) is 4. The van der Waals surface area contributed by atoms with Crippen LogP contribution in [0.25, 0.3) is 5.78 Å². The molecule has 0 aliphatic rings. The highest BCUT2D eigenvalue weighted by molar-refractivity contribution is 7.98. The lowest BCUT2D eigenvalue weighted by molar-refractivity contribution is 0.0948. The predicted octanol–water partition coefficient (Wildman–Crippen LogP) is 2.78. The molecule has 3 N–H and O–H groups in total. The Morgan fingerprint density at radius 3 is 2.79 bits per heavy atom. The van der Waals surface area contributed by atoms with E-state index in [1.165, 1.54) is 11.8 Å². The minimum Gasteiger partial charge on any atom is -0.352 e. The van der Waals surface area contributed by atoms with E-state index in [1.54, 1.807) is 4.52 Å². The third-order valence-corrected chi connectivity index (χ3v) is 5.12. The summed E-state index contributed by atoms with van der Waals surface area (Å²) in [6, 6.07) is 9.57. The molecule has 2 aromatic heterocycles. The van der Waals surface area contributed by atoms with Crippen LogP contribution in [0.3, 0.4) is 0 Å². The highest BCUT2D eigenvalue weighted by Crippen LogP contribution is 2.22. The van der Waals surface area contributed by atoms with Gasteiger partial charge in [-0.1, -0.05) is 36.9 Å². The predicted molar refractivity (Wildman–Crippen MR) is 114 cm³/mol. The van der Waals surface area contributed by atoms with Gasteiger partial charge in [0.1, 0.15) is 0 Å². The second-order valence-electron chi connectivity index (χ2n) is 6.64. The van der Waals surface area contributed by atoms with E-state index in [4.69, 9.17) is 5.73 Å². The van der Waals surface area contributed by atoms with Crippen molar-refractivity contribution in [2.45, 2.75) is 31.7 Å². The first-order valence-electron chi connectivity index (χ1n) is 8.88. The second kappa shape index (κ2) is 9.86. The Balaban J connectivity index is 0.00000280. The fraction of sp³-hybridized carbons (Fsp3) is 0.368. The second-order valence-corrected chi connectivity index (χ2v) is 7.58. The number of benzene rings is 1. The highest BCUT2D eigenvalue weighted by Gasteiger charge is 2.14. The first kappa shape index (κ1) is 22.1. The first-order valence-corrected chi connectivity index (χ1v) is 9.86. The van der Waals surface area contributed by atoms with E-state index in [0.717, 1.165) is 17.0 Å². The number of rotatable bonds is 7. The van der Waals surface area contributed by atoms with Crippen LogP contribution in [0, 0.1) is 19.8 Å². The van der Waals surface area contributed by atoms with Crippen molar-refractivity contribution < 1.29 is 4.79 Å². The van der Waals surface area contributed by atoms with E-state index in [0.29, 0.717) is 35.3 Å². The van der Waals surface area contributed by atoms with Gasteiger partial charge in [-0.3, -0.25) is 4.79 Å². The van der Waals surface area contributed by atoms with Gasteiger partial charge in [-0.25, -0.2) is 9.50 Å². The smallest absolute Gasteiger partial charge is 0.253 e. The molecule has 1 aromatic carbocycles. The molecule has 0 aliphatic heterocycles. The molecule has 0 bridgehead atoms. The van der Waals surface area contributed by atoms with E-state index in [-0.39, 0.29) is 24.2 Å². The quantitative estimate of drug-likeness (QED) is 0.570. The highest BCUT2D eigenvalue weighted by atomic mass is 35.5. The maximum atomic E-state index is 12.5. The zero-order valence-electron chi connectivity index (χ0n) is 16.2. The Bertz CT molecular complexity index is 961. The van der Waals surface area contributed by atoms with Crippen LogP contribution in [0.4, 0.5) is 0 Å². The normalized spacial score (nSPS) is 11.9. The molecule has 0 saturated carbocycles. The van der Waals surface area contributed by atoms with Crippen LogP contribution in [0.2, 0.25) is 0 Å². The summed E-state index contributed by atoms with van der Waals surface area (Å²) in [5.74, 6) is 1.36. The summed E-state index contributed by atoms with van der Waals surface area (Å²) in [4.78, 5) is 21.4. The number of fused-ring (bicyclic) bond motifs is 1. The molecule has 150 valence electrons. The van der Waals surface area contributed by atoms with Crippen molar-refractivity contribution >= 4 is 35.9 Å². The van der Waals surface area contributed by atoms with Crippen molar-refractivity contribution in [2.75, 3.05) is 13.1 Å². The fourth-order valence-corrected chi connectivity index (χ4v) is 3.49. The molecule has 1 amide bonds. The van der Waals surface area contributed by atoms with Crippen molar-refractivity contribution in [3.63, 3.8) is 0 Å². The fourth-order valence-electron chi connectivity index (χ4n) is 2.66. The van der Waals surface area contributed by atoms with Crippen LogP contribution in [-0.2, 0) is 5.75 Å². The molecular formula is C19H25ClN6OS. The van der Waals surface area contributed by atoms with Crippen LogP contribution >= 0.6 is 24.2 Å². The molecule has 9 heteroatoms. The molecule has 1 atom stereocenters. The van der Waals surface area contributed by atoms with E-state index < -0.39 is 0 Å². The van der Waals surface area contributed by atoms with Crippen molar-refractivity contribution in [1.82, 2.24) is 24.9 Å². The molecule has 1 unspecified atom stereocenters. The average Bonchev–Trinajstić information content (AvgIpc) is 3.07. The maximum absolute atomic E-state index is 12.5. The molecule has 0 saturated heterocycles. The standard InChI is InChI=1S/C19H24N6OS.ClH/c1-12(9-20)10-21-17(26)16-7-5-4-6-15(16)11-27-19-23-18-22-13(2)8-14(3)25(18)24-19;/h4-8,12H,9-11,20H2,1-3H3,(H,21,26);1H. The van der Waals surface area contributed by atoms with Crippen molar-refractivity contribution in [3.8, 4) is 0 Å². The van der Waals surface area contributed by atoms with Gasteiger partial charge in [0.25, 0.3) is 11.7 Å². The summed E-state index contributed by atoms with van der Waals surface area (Å²) in [5.41, 5.74) is 9.14. The summed E-state index contributed by atoms with van der Waals surface area (Å²) in [6.07, 6.45) is 0. The van der Waals surface area contributed by atoms with Crippen molar-refractivity contribution in [3.05, 3.63) is 52.8 Å². The molecule has 0 aliphatic carbocycles. The van der Waals surface area contributed by atoms with Gasteiger partial charge in [-0.15, -0.1) is 17.5 Å². The molecule has 0 fully saturated rings. The number of hydrogen-bond acceptors (Lipinski definition) is 6. The van der Waals surface area contributed by atoms with Crippen LogP contribution in [-0.4, -0.2) is 38.6 Å². The Morgan fingerprint density at radius 1 is 1.29 bits per heavy atom. The van der Waals surface area contributed by atoms with E-state index >= 15 is 0 Å². The van der Waals surface area contributed by atoms with Gasteiger partial charge in [-0.2, -0.15) is 4.98 Å². The van der Waals surface area contributed by atoms with Crippen LogP contribution in [0.15, 0.2) is 35.5 Å². The molecule has 28 heavy (non-hydrogen) atoms. The number of amides is 1. The summed E-state index contributed by atoms with van der Waals surface area (Å²) in [7, 11) is 0. The summed E-state index contributed by atoms with van der Waals surface area (Å²) < 4.78 is 1.74. The number of halogens is 1. The van der Waals surface area contributed by atoms with Crippen molar-refractivity contribution in [1.29, 1.82) is 0 Å². The first-order chi connectivity index (χ1) is 13.0. The lowest BCUT2D eigenvalue weighted by atomic mass is 10.1. The summed E-state index contributed by atoms with van der Waals surface area (Å²) >= 11 is 1.49. The summed E-state index contributed by atoms with van der Waals surface area (Å²) in [6.45, 7) is 7.04. The minimum absolute atomic E-state index is 0. The SMILES string of the molecule is Cc1cc(C)n2nc(SCc3ccccc3C(=O)NCC(C)CN)nc2n1.Cl. The van der Waals surface area contributed by atoms with Crippen LogP contribution < -0.4 is 11.1 Å². The Kier molecular flexibility index (Phi) is 7.79. The zero-order chi connectivity index (χ0) is 19.4. The lowest BCUT2D eigenvalue weighted by Crippen LogP contribution is -2.31. The van der Waals surface area contributed by atoms with Crippen LogP contribution in [0.5, 0.6) is 0 Å². The number of nitrogens with one attached hydrogen (secondary N) is 1. The van der Waals surface area contributed by atoms with Gasteiger partial charge in [0, 0.05) is 29.2 Å². The van der Waals surface area contributed by atoms with Crippen LogP contribution in [0.1, 0.15) is 34.2 Å². The van der Waals surface area contributed by atoms with Crippen molar-refractivity contribution in [2.24, 2.45) is 11.7 Å². The van der Waals surface area contributed by atoms with Gasteiger partial charge in [0.2, 0.25) is 5.16 Å². The topological polar surface area (TPSA) is 98.2 Å². The van der Waals surface area contributed by atoms with Gasteiger partial charge in [0.15, 0.2) is 0 Å². The molecule has 3 rings (SSSR count). The third kappa shape index (κ3) is 5.21. The largest absolute Gasteiger partial charge is 0.352 e. The van der Waals surface area contributed by atoms with Gasteiger partial charge >= 0.3 is 0 Å². The molecule has 0 radical (unpaired) electrons. The van der Waals surface area contributed by atoms with E-state index in [1.807, 2.05) is 51.1 Å². The number of carbonyl (C=O) groups is 1. The number of aryl methyl sites for hydroxylation is 2. The number of hydrogen-bond donors (Lipinski definition) is 2. The minimum atomic E-state index is -0.0809. The van der Waals surface area contributed by atoms with Gasteiger partial charge in [0.05, 0.1) is 0 Å². The number of thioether (sulfide) groups is 1. The van der Waals surface area contributed by atoms with Gasteiger partial charge < -0.3 is 11.1 Å². The Labute approximate surface area is 174 Å². The maximum Gasteiger partial charge on any atom is 0.253 e. The zero-order valence-corrected chi connectivity index (χ0v) is 17.8. The Morgan fingerprint density at radius 2 is 2.04 bits per heavy atom. The van der Waals surface area contributed by atoms with E-state index in [9.17, 15) is 4.79 Å². The third-order valence-electron chi connectivity index (χ3n) is 4.23. The molecular weight excluding hydrogens is 396 g/mol. The molecule has 2 heterocycles. The molecule has 7 nitrogen and oxygen atoms in total. The lowest BCUT2D eigenvalue weighted by Gasteiger charge is -2.12. The molecule has 3 aromatic rings. The van der Waals surface area contributed by atoms with E-state index in [2.05, 4.69) is 20.4 Å². The number of nitrogens with two attached hydrogens (primary N) is 1. The molecule has 0 spiro atoms. The number of carbonyl (C=O) groups excluding carboxylic acids is 1. The summed E-state index contributed by atoms with van der Waals surface area (Å²) in [5, 5.41) is 8.10.